The normalized spacial score (nSPS) is 18.6. The summed E-state index contributed by atoms with van der Waals surface area (Å²) in [5.41, 5.74) is 0.142. The monoisotopic (exact) mass is 601 g/mol. The number of nitrogens with zero attached hydrogens (tertiary/aromatic N) is 2. The number of carbonyl (C=O) groups excluding carboxylic acids is 1. The molecule has 3 aromatic carbocycles. The molecule has 1 amide bonds. The second-order valence-electron chi connectivity index (χ2n) is 11.1. The van der Waals surface area contributed by atoms with Crippen molar-refractivity contribution in [3.8, 4) is 5.75 Å². The highest BCUT2D eigenvalue weighted by Crippen LogP contribution is 2.40. The third-order valence-electron chi connectivity index (χ3n) is 7.63. The van der Waals surface area contributed by atoms with E-state index >= 15 is 0 Å². The van der Waals surface area contributed by atoms with Crippen molar-refractivity contribution in [2.75, 3.05) is 35.8 Å². The number of fused-ring (bicyclic) bond motifs is 1. The minimum absolute atomic E-state index is 0.0368. The van der Waals surface area contributed by atoms with Gasteiger partial charge < -0.3 is 10.1 Å². The van der Waals surface area contributed by atoms with E-state index in [1.54, 1.807) is 12.1 Å². The number of benzene rings is 3. The van der Waals surface area contributed by atoms with Crippen molar-refractivity contribution >= 4 is 38.9 Å². The molecule has 0 radical (unpaired) electrons. The summed E-state index contributed by atoms with van der Waals surface area (Å²) in [6.07, 6.45) is 4.42. The van der Waals surface area contributed by atoms with Crippen LogP contribution in [0.4, 0.5) is 20.2 Å². The first kappa shape index (κ1) is 27.9. The summed E-state index contributed by atoms with van der Waals surface area (Å²) in [5.74, 6) is -0.396. The van der Waals surface area contributed by atoms with E-state index in [1.165, 1.54) is 60.3 Å². The molecule has 41 heavy (non-hydrogen) atoms. The van der Waals surface area contributed by atoms with Crippen LogP contribution in [0.2, 0.25) is 5.02 Å². The Morgan fingerprint density at radius 3 is 2.29 bits per heavy atom. The number of hydrogen-bond donors (Lipinski definition) is 1. The van der Waals surface area contributed by atoms with Gasteiger partial charge in [-0.15, -0.1) is 0 Å². The van der Waals surface area contributed by atoms with Crippen molar-refractivity contribution in [2.24, 2.45) is 11.8 Å². The topological polar surface area (TPSA) is 79.0 Å². The van der Waals surface area contributed by atoms with Crippen LogP contribution in [0, 0.1) is 23.5 Å². The molecule has 216 valence electrons. The van der Waals surface area contributed by atoms with Crippen LogP contribution in [0.5, 0.6) is 5.75 Å². The van der Waals surface area contributed by atoms with Crippen molar-refractivity contribution in [3.63, 3.8) is 0 Å². The van der Waals surface area contributed by atoms with Crippen LogP contribution in [0.1, 0.15) is 36.0 Å². The van der Waals surface area contributed by atoms with Gasteiger partial charge in [-0.2, -0.15) is 0 Å². The summed E-state index contributed by atoms with van der Waals surface area (Å²) in [6, 6.07) is 13.3. The third-order valence-corrected chi connectivity index (χ3v) is 9.74. The van der Waals surface area contributed by atoms with Crippen molar-refractivity contribution in [3.05, 3.63) is 82.9 Å². The second-order valence-corrected chi connectivity index (χ2v) is 13.3. The predicted octanol–water partition coefficient (Wildman–Crippen LogP) is 5.95. The molecule has 1 unspecified atom stereocenters. The Morgan fingerprint density at radius 1 is 0.976 bits per heavy atom. The number of hydrogen-bond acceptors (Lipinski definition) is 5. The van der Waals surface area contributed by atoms with E-state index in [4.69, 9.17) is 16.3 Å². The Kier molecular flexibility index (Phi) is 7.65. The maximum atomic E-state index is 14.3. The van der Waals surface area contributed by atoms with Crippen LogP contribution in [0.3, 0.4) is 0 Å². The SMILES string of the molecule is O=C(Nc1ccc2c(c1)N(S(=O)(=O)c1ccc(F)cc1)CC(CN(CC1CC1)CC1CC1)O2)c1c(F)cccc1Cl. The van der Waals surface area contributed by atoms with Gasteiger partial charge in [-0.05, 0) is 92.1 Å². The first-order valence-corrected chi connectivity index (χ1v) is 15.6. The molecule has 2 fully saturated rings. The zero-order valence-corrected chi connectivity index (χ0v) is 23.8. The first-order chi connectivity index (χ1) is 19.7. The average molecular weight is 602 g/mol. The largest absolute Gasteiger partial charge is 0.485 e. The summed E-state index contributed by atoms with van der Waals surface area (Å²) >= 11 is 6.06. The molecule has 1 N–H and O–H groups in total. The van der Waals surface area contributed by atoms with Crippen LogP contribution in [0.25, 0.3) is 0 Å². The number of rotatable bonds is 10. The van der Waals surface area contributed by atoms with Crippen molar-refractivity contribution < 1.29 is 26.7 Å². The van der Waals surface area contributed by atoms with Crippen molar-refractivity contribution in [2.45, 2.75) is 36.7 Å². The van der Waals surface area contributed by atoms with E-state index in [-0.39, 0.29) is 33.4 Å². The van der Waals surface area contributed by atoms with E-state index in [0.717, 1.165) is 31.3 Å². The van der Waals surface area contributed by atoms with Gasteiger partial charge >= 0.3 is 0 Å². The van der Waals surface area contributed by atoms with E-state index in [1.807, 2.05) is 0 Å². The Labute approximate surface area is 243 Å². The highest BCUT2D eigenvalue weighted by molar-refractivity contribution is 7.92. The summed E-state index contributed by atoms with van der Waals surface area (Å²) in [6.45, 7) is 2.55. The minimum atomic E-state index is -4.12. The number of sulfonamides is 1. The number of ether oxygens (including phenoxy) is 1. The maximum Gasteiger partial charge on any atom is 0.264 e. The molecular weight excluding hydrogens is 572 g/mol. The second kappa shape index (κ2) is 11.2. The summed E-state index contributed by atoms with van der Waals surface area (Å²) in [7, 11) is -4.12. The standard InChI is InChI=1S/C30H30ClF2N3O4S/c31-25-2-1-3-26(33)29(25)30(37)34-22-10-13-28-27(14-22)36(41(38,39)24-11-8-21(32)9-12-24)18-23(40-28)17-35(15-19-4-5-19)16-20-6-7-20/h1-3,8-14,19-20,23H,4-7,15-18H2,(H,34,37). The van der Waals surface area contributed by atoms with Gasteiger partial charge in [0, 0.05) is 25.3 Å². The van der Waals surface area contributed by atoms with Crippen molar-refractivity contribution in [1.82, 2.24) is 4.90 Å². The summed E-state index contributed by atoms with van der Waals surface area (Å²) < 4.78 is 63.3. The van der Waals surface area contributed by atoms with Gasteiger partial charge in [0.1, 0.15) is 23.5 Å². The maximum absolute atomic E-state index is 14.3. The fourth-order valence-electron chi connectivity index (χ4n) is 5.20. The number of halogens is 3. The fraction of sp³-hybridized carbons (Fsp3) is 0.367. The quantitative estimate of drug-likeness (QED) is 0.311. The summed E-state index contributed by atoms with van der Waals surface area (Å²) in [4.78, 5) is 15.2. The zero-order valence-electron chi connectivity index (χ0n) is 22.2. The van der Waals surface area contributed by atoms with Gasteiger partial charge in [0.25, 0.3) is 15.9 Å². The molecule has 6 rings (SSSR count). The Morgan fingerprint density at radius 2 is 1.66 bits per heavy atom. The third kappa shape index (κ3) is 6.34. The molecule has 1 atom stereocenters. The Bertz CT molecular complexity index is 1530. The average Bonchev–Trinajstić information content (AvgIpc) is 3.86. The molecule has 11 heteroatoms. The van der Waals surface area contributed by atoms with E-state index < -0.39 is 33.7 Å². The van der Waals surface area contributed by atoms with Crippen LogP contribution in [-0.2, 0) is 10.0 Å². The van der Waals surface area contributed by atoms with Crippen LogP contribution >= 0.6 is 11.6 Å². The predicted molar refractivity (Wildman–Crippen MR) is 153 cm³/mol. The molecule has 1 aliphatic heterocycles. The van der Waals surface area contributed by atoms with E-state index in [9.17, 15) is 22.0 Å². The molecule has 3 aromatic rings. The molecular formula is C30H30ClF2N3O4S. The van der Waals surface area contributed by atoms with E-state index in [0.29, 0.717) is 24.1 Å². The van der Waals surface area contributed by atoms with Gasteiger partial charge in [-0.3, -0.25) is 14.0 Å². The minimum Gasteiger partial charge on any atom is -0.485 e. The highest BCUT2D eigenvalue weighted by Gasteiger charge is 2.37. The Balaban J connectivity index is 1.31. The van der Waals surface area contributed by atoms with Crippen LogP contribution in [0.15, 0.2) is 65.6 Å². The fourth-order valence-corrected chi connectivity index (χ4v) is 6.94. The number of nitrogens with one attached hydrogen (secondary N) is 1. The number of amides is 1. The van der Waals surface area contributed by atoms with Gasteiger partial charge in [0.2, 0.25) is 0 Å². The van der Waals surface area contributed by atoms with Gasteiger partial charge in [0.05, 0.1) is 27.7 Å². The number of carbonyl (C=O) groups is 1. The summed E-state index contributed by atoms with van der Waals surface area (Å²) in [5, 5.41) is 2.56. The lowest BCUT2D eigenvalue weighted by Gasteiger charge is -2.38. The first-order valence-electron chi connectivity index (χ1n) is 13.7. The molecule has 2 saturated carbocycles. The van der Waals surface area contributed by atoms with Gasteiger partial charge in [-0.1, -0.05) is 17.7 Å². The number of anilines is 2. The molecule has 2 aliphatic carbocycles. The molecule has 1 heterocycles. The van der Waals surface area contributed by atoms with Crippen LogP contribution in [-0.4, -0.2) is 51.5 Å². The lowest BCUT2D eigenvalue weighted by Crippen LogP contribution is -2.49. The van der Waals surface area contributed by atoms with Crippen molar-refractivity contribution in [1.29, 1.82) is 0 Å². The smallest absolute Gasteiger partial charge is 0.264 e. The molecule has 3 aliphatic rings. The van der Waals surface area contributed by atoms with E-state index in [2.05, 4.69) is 10.2 Å². The van der Waals surface area contributed by atoms with Gasteiger partial charge in [-0.25, -0.2) is 17.2 Å². The molecule has 0 saturated heterocycles. The highest BCUT2D eigenvalue weighted by atomic mass is 35.5. The zero-order chi connectivity index (χ0) is 28.7. The molecule has 0 aromatic heterocycles. The molecule has 0 bridgehead atoms. The lowest BCUT2D eigenvalue weighted by molar-refractivity contribution is 0.102. The molecule has 7 nitrogen and oxygen atoms in total. The molecule has 0 spiro atoms. The van der Waals surface area contributed by atoms with Gasteiger partial charge in [0.15, 0.2) is 0 Å². The lowest BCUT2D eigenvalue weighted by atomic mass is 10.1. The van der Waals surface area contributed by atoms with Crippen LogP contribution < -0.4 is 14.4 Å². The Hall–Kier alpha value is -3.21.